The summed E-state index contributed by atoms with van der Waals surface area (Å²) in [4.78, 5) is 1.32. The molecule has 1 unspecified atom stereocenters. The third-order valence-electron chi connectivity index (χ3n) is 3.38. The van der Waals surface area contributed by atoms with E-state index in [1.165, 1.54) is 35.8 Å². The van der Waals surface area contributed by atoms with Gasteiger partial charge in [0.2, 0.25) is 10.0 Å². The lowest BCUT2D eigenvalue weighted by Gasteiger charge is -2.08. The molecule has 1 aromatic carbocycles. The highest BCUT2D eigenvalue weighted by Crippen LogP contribution is 2.29. The van der Waals surface area contributed by atoms with Crippen LogP contribution in [-0.2, 0) is 16.6 Å². The SMILES string of the molecule is O=S(=O)(NCc1ccc(C(O)c2ccco2)s1)c1cc(Cl)ccc1Cl. The number of aliphatic hydroxyl groups excluding tert-OH is 1. The van der Waals surface area contributed by atoms with Gasteiger partial charge in [0.05, 0.1) is 11.3 Å². The van der Waals surface area contributed by atoms with Crippen molar-refractivity contribution in [3.8, 4) is 0 Å². The molecule has 3 rings (SSSR count). The van der Waals surface area contributed by atoms with Crippen LogP contribution < -0.4 is 4.72 Å². The highest BCUT2D eigenvalue weighted by Gasteiger charge is 2.20. The molecule has 0 aliphatic rings. The number of rotatable bonds is 6. The number of nitrogens with one attached hydrogen (secondary N) is 1. The number of sulfonamides is 1. The number of halogens is 2. The molecular weight excluding hydrogens is 405 g/mol. The smallest absolute Gasteiger partial charge is 0.242 e. The monoisotopic (exact) mass is 417 g/mol. The van der Waals surface area contributed by atoms with E-state index in [0.29, 0.717) is 10.6 Å². The van der Waals surface area contributed by atoms with Crippen LogP contribution in [0.15, 0.2) is 58.0 Å². The van der Waals surface area contributed by atoms with Gasteiger partial charge in [0.25, 0.3) is 0 Å². The molecule has 0 spiro atoms. The largest absolute Gasteiger partial charge is 0.466 e. The lowest BCUT2D eigenvalue weighted by atomic mass is 10.2. The summed E-state index contributed by atoms with van der Waals surface area (Å²) in [5, 5.41) is 10.6. The number of benzene rings is 1. The first-order valence-corrected chi connectivity index (χ1v) is 10.2. The van der Waals surface area contributed by atoms with Crippen LogP contribution >= 0.6 is 34.5 Å². The van der Waals surface area contributed by atoms with Gasteiger partial charge in [-0.2, -0.15) is 0 Å². The zero-order valence-corrected chi connectivity index (χ0v) is 15.8. The Morgan fingerprint density at radius 2 is 2.00 bits per heavy atom. The van der Waals surface area contributed by atoms with Gasteiger partial charge in [0.15, 0.2) is 0 Å². The molecule has 0 aliphatic carbocycles. The maximum absolute atomic E-state index is 12.4. The maximum atomic E-state index is 12.4. The third-order valence-corrected chi connectivity index (χ3v) is 6.64. The van der Waals surface area contributed by atoms with E-state index in [1.807, 2.05) is 0 Å². The van der Waals surface area contributed by atoms with E-state index in [4.69, 9.17) is 27.6 Å². The summed E-state index contributed by atoms with van der Waals surface area (Å²) in [5.41, 5.74) is 0. The van der Waals surface area contributed by atoms with Crippen molar-refractivity contribution < 1.29 is 17.9 Å². The number of thiophene rings is 1. The minimum Gasteiger partial charge on any atom is -0.466 e. The maximum Gasteiger partial charge on any atom is 0.242 e. The summed E-state index contributed by atoms with van der Waals surface area (Å²) < 4.78 is 32.4. The summed E-state index contributed by atoms with van der Waals surface area (Å²) in [6.07, 6.45) is 0.600. The molecule has 0 amide bonds. The molecule has 0 saturated carbocycles. The molecule has 0 bridgehead atoms. The van der Waals surface area contributed by atoms with Crippen LogP contribution in [0.25, 0.3) is 0 Å². The normalized spacial score (nSPS) is 13.1. The lowest BCUT2D eigenvalue weighted by Crippen LogP contribution is -2.23. The van der Waals surface area contributed by atoms with Crippen molar-refractivity contribution in [1.29, 1.82) is 0 Å². The Bertz CT molecular complexity index is 968. The van der Waals surface area contributed by atoms with Gasteiger partial charge in [-0.15, -0.1) is 11.3 Å². The average Bonchev–Trinajstić information content (AvgIpc) is 3.26. The van der Waals surface area contributed by atoms with Gasteiger partial charge < -0.3 is 9.52 Å². The van der Waals surface area contributed by atoms with E-state index in [1.54, 1.807) is 24.3 Å². The molecule has 132 valence electrons. The Balaban J connectivity index is 1.72. The Kier molecular flexibility index (Phi) is 5.52. The van der Waals surface area contributed by atoms with Crippen molar-refractivity contribution in [2.75, 3.05) is 0 Å². The van der Waals surface area contributed by atoms with Gasteiger partial charge in [-0.3, -0.25) is 0 Å². The zero-order chi connectivity index (χ0) is 18.0. The molecule has 3 aromatic rings. The molecule has 5 nitrogen and oxygen atoms in total. The number of aliphatic hydroxyl groups is 1. The summed E-state index contributed by atoms with van der Waals surface area (Å²) in [6.45, 7) is 0.0702. The second-order valence-corrected chi connectivity index (χ2v) is 8.90. The summed E-state index contributed by atoms with van der Waals surface area (Å²) in [5.74, 6) is 0.430. The van der Waals surface area contributed by atoms with E-state index >= 15 is 0 Å². The van der Waals surface area contributed by atoms with Crippen LogP contribution in [0.4, 0.5) is 0 Å². The summed E-state index contributed by atoms with van der Waals surface area (Å²) in [7, 11) is -3.81. The number of furan rings is 1. The Hall–Kier alpha value is -1.35. The summed E-state index contributed by atoms with van der Waals surface area (Å²) >= 11 is 13.1. The predicted octanol–water partition coefficient (Wildman–Crippen LogP) is 4.21. The molecule has 25 heavy (non-hydrogen) atoms. The third kappa shape index (κ3) is 4.25. The molecular formula is C16H13Cl2NO4S2. The molecule has 9 heteroatoms. The van der Waals surface area contributed by atoms with Gasteiger partial charge >= 0.3 is 0 Å². The molecule has 0 aliphatic heterocycles. The first-order chi connectivity index (χ1) is 11.9. The van der Waals surface area contributed by atoms with Crippen molar-refractivity contribution in [3.05, 3.63) is 74.3 Å². The fourth-order valence-corrected chi connectivity index (χ4v) is 4.96. The highest BCUT2D eigenvalue weighted by atomic mass is 35.5. The van der Waals surface area contributed by atoms with E-state index in [9.17, 15) is 13.5 Å². The molecule has 0 saturated heterocycles. The van der Waals surface area contributed by atoms with Crippen molar-refractivity contribution in [1.82, 2.24) is 4.72 Å². The number of hydrogen-bond acceptors (Lipinski definition) is 5. The Morgan fingerprint density at radius 1 is 1.20 bits per heavy atom. The fraction of sp³-hybridized carbons (Fsp3) is 0.125. The molecule has 1 atom stereocenters. The van der Waals surface area contributed by atoms with Crippen LogP contribution in [-0.4, -0.2) is 13.5 Å². The van der Waals surface area contributed by atoms with Crippen LogP contribution in [0, 0.1) is 0 Å². The quantitative estimate of drug-likeness (QED) is 0.629. The molecule has 2 N–H and O–H groups in total. The van der Waals surface area contributed by atoms with Crippen molar-refractivity contribution in [3.63, 3.8) is 0 Å². The van der Waals surface area contributed by atoms with Crippen LogP contribution in [0.3, 0.4) is 0 Å². The minimum atomic E-state index is -3.81. The highest BCUT2D eigenvalue weighted by molar-refractivity contribution is 7.89. The van der Waals surface area contributed by atoms with Crippen molar-refractivity contribution in [2.45, 2.75) is 17.5 Å². The van der Waals surface area contributed by atoms with E-state index in [0.717, 1.165) is 4.88 Å². The molecule has 0 radical (unpaired) electrons. The van der Waals surface area contributed by atoms with Gasteiger partial charge in [-0.05, 0) is 42.5 Å². The van der Waals surface area contributed by atoms with E-state index in [-0.39, 0.29) is 21.5 Å². The Morgan fingerprint density at radius 3 is 2.72 bits per heavy atom. The molecule has 0 fully saturated rings. The average molecular weight is 418 g/mol. The van der Waals surface area contributed by atoms with Crippen molar-refractivity contribution in [2.24, 2.45) is 0 Å². The predicted molar refractivity (Wildman–Crippen MR) is 97.6 cm³/mol. The van der Waals surface area contributed by atoms with Crippen LogP contribution in [0.5, 0.6) is 0 Å². The van der Waals surface area contributed by atoms with E-state index < -0.39 is 16.1 Å². The van der Waals surface area contributed by atoms with Crippen molar-refractivity contribution >= 4 is 44.6 Å². The molecule has 2 aromatic heterocycles. The number of hydrogen-bond donors (Lipinski definition) is 2. The van der Waals surface area contributed by atoms with Crippen LogP contribution in [0.2, 0.25) is 10.0 Å². The van der Waals surface area contributed by atoms with Gasteiger partial charge in [-0.1, -0.05) is 23.2 Å². The molecule has 2 heterocycles. The zero-order valence-electron chi connectivity index (χ0n) is 12.6. The first kappa shape index (κ1) is 18.4. The lowest BCUT2D eigenvalue weighted by molar-refractivity contribution is 0.193. The topological polar surface area (TPSA) is 79.5 Å². The first-order valence-electron chi connectivity index (χ1n) is 7.11. The fourth-order valence-electron chi connectivity index (χ4n) is 2.15. The summed E-state index contributed by atoms with van der Waals surface area (Å²) in [6, 6.07) is 11.1. The van der Waals surface area contributed by atoms with E-state index in [2.05, 4.69) is 4.72 Å². The second kappa shape index (κ2) is 7.49. The van der Waals surface area contributed by atoms with Gasteiger partial charge in [0.1, 0.15) is 16.8 Å². The Labute approximate surface area is 158 Å². The standard InChI is InChI=1S/C16H13Cl2NO4S2/c17-10-3-5-12(18)15(8-10)25(21,22)19-9-11-4-6-14(24-11)16(20)13-2-1-7-23-13/h1-8,16,19-20H,9H2. The van der Waals surface area contributed by atoms with Gasteiger partial charge in [-0.25, -0.2) is 13.1 Å². The minimum absolute atomic E-state index is 0.0702. The van der Waals surface area contributed by atoms with Crippen LogP contribution in [0.1, 0.15) is 21.6 Å². The second-order valence-electron chi connectivity index (χ2n) is 5.12. The van der Waals surface area contributed by atoms with Gasteiger partial charge in [0, 0.05) is 21.3 Å².